The summed E-state index contributed by atoms with van der Waals surface area (Å²) in [5, 5.41) is 13.1. The zero-order chi connectivity index (χ0) is 20.6. The smallest absolute Gasteiger partial charge is 0.220 e. The van der Waals surface area contributed by atoms with E-state index < -0.39 is 0 Å². The molecule has 2 aromatic carbocycles. The van der Waals surface area contributed by atoms with Gasteiger partial charge in [0.15, 0.2) is 0 Å². The first-order valence-corrected chi connectivity index (χ1v) is 10.5. The average Bonchev–Trinajstić information content (AvgIpc) is 2.73. The van der Waals surface area contributed by atoms with Gasteiger partial charge in [-0.15, -0.1) is 0 Å². The molecule has 0 spiro atoms. The number of ether oxygens (including phenoxy) is 1. The Kier molecular flexibility index (Phi) is 7.92. The van der Waals surface area contributed by atoms with Crippen LogP contribution < -0.4 is 10.1 Å². The Bertz CT molecular complexity index is 802. The molecule has 1 aliphatic rings. The first-order valence-electron chi connectivity index (χ1n) is 10.1. The summed E-state index contributed by atoms with van der Waals surface area (Å²) in [5.74, 6) is 0.661. The lowest BCUT2D eigenvalue weighted by Crippen LogP contribution is -2.35. The van der Waals surface area contributed by atoms with E-state index in [1.165, 1.54) is 5.56 Å². The zero-order valence-electron chi connectivity index (χ0n) is 16.9. The van der Waals surface area contributed by atoms with Crippen LogP contribution in [0.1, 0.15) is 36.0 Å². The second-order valence-electron chi connectivity index (χ2n) is 7.57. The van der Waals surface area contributed by atoms with E-state index in [1.807, 2.05) is 18.2 Å². The van der Waals surface area contributed by atoms with Crippen molar-refractivity contribution in [1.82, 2.24) is 10.2 Å². The number of likely N-dealkylation sites (tertiary alicyclic amines) is 1. The standard InChI is InChI=1S/C23H29ClN2O3/c1-29-22-8-6-17(14-21(22)24)7-9-23(28)25-15-18-2-4-19(5-3-18)16-26-12-10-20(27)11-13-26/h2-6,8,14,20,27H,7,9-13,15-16H2,1H3,(H,25,28). The maximum absolute atomic E-state index is 12.2. The highest BCUT2D eigenvalue weighted by Gasteiger charge is 2.16. The summed E-state index contributed by atoms with van der Waals surface area (Å²) in [5.41, 5.74) is 3.36. The fourth-order valence-electron chi connectivity index (χ4n) is 3.51. The van der Waals surface area contributed by atoms with E-state index in [1.54, 1.807) is 7.11 Å². The third-order valence-electron chi connectivity index (χ3n) is 5.33. The van der Waals surface area contributed by atoms with Crippen molar-refractivity contribution in [2.45, 2.75) is 44.9 Å². The number of nitrogens with one attached hydrogen (secondary N) is 1. The number of aryl methyl sites for hydroxylation is 1. The van der Waals surface area contributed by atoms with Gasteiger partial charge in [0.25, 0.3) is 0 Å². The van der Waals surface area contributed by atoms with E-state index in [4.69, 9.17) is 16.3 Å². The van der Waals surface area contributed by atoms with E-state index in [0.29, 0.717) is 30.2 Å². The van der Waals surface area contributed by atoms with Gasteiger partial charge in [-0.1, -0.05) is 41.9 Å². The van der Waals surface area contributed by atoms with Gasteiger partial charge in [0, 0.05) is 32.6 Å². The SMILES string of the molecule is COc1ccc(CCC(=O)NCc2ccc(CN3CCC(O)CC3)cc2)cc1Cl. The predicted molar refractivity (Wildman–Crippen MR) is 115 cm³/mol. The number of aliphatic hydroxyl groups is 1. The van der Waals surface area contributed by atoms with Crippen molar-refractivity contribution in [3.05, 3.63) is 64.2 Å². The van der Waals surface area contributed by atoms with Crippen molar-refractivity contribution in [2.24, 2.45) is 0 Å². The molecule has 6 heteroatoms. The zero-order valence-corrected chi connectivity index (χ0v) is 17.6. The molecule has 0 unspecified atom stereocenters. The Morgan fingerprint density at radius 2 is 1.79 bits per heavy atom. The van der Waals surface area contributed by atoms with Crippen molar-refractivity contribution in [2.75, 3.05) is 20.2 Å². The van der Waals surface area contributed by atoms with Gasteiger partial charge in [-0.3, -0.25) is 9.69 Å². The van der Waals surface area contributed by atoms with Crippen molar-refractivity contribution in [3.8, 4) is 5.75 Å². The largest absolute Gasteiger partial charge is 0.495 e. The van der Waals surface area contributed by atoms with Crippen LogP contribution in [0.15, 0.2) is 42.5 Å². The maximum atomic E-state index is 12.2. The van der Waals surface area contributed by atoms with Crippen molar-refractivity contribution >= 4 is 17.5 Å². The van der Waals surface area contributed by atoms with Crippen LogP contribution in [-0.2, 0) is 24.3 Å². The first kappa shape index (κ1) is 21.6. The van der Waals surface area contributed by atoms with Gasteiger partial charge in [-0.05, 0) is 48.1 Å². The van der Waals surface area contributed by atoms with Crippen molar-refractivity contribution < 1.29 is 14.6 Å². The van der Waals surface area contributed by atoms with E-state index >= 15 is 0 Å². The lowest BCUT2D eigenvalue weighted by atomic mass is 10.1. The highest BCUT2D eigenvalue weighted by molar-refractivity contribution is 6.32. The normalized spacial score (nSPS) is 15.3. The number of halogens is 1. The molecule has 0 bridgehead atoms. The molecule has 5 nitrogen and oxygen atoms in total. The molecule has 1 fully saturated rings. The van der Waals surface area contributed by atoms with E-state index in [2.05, 4.69) is 34.5 Å². The van der Waals surface area contributed by atoms with Gasteiger partial charge >= 0.3 is 0 Å². The number of carbonyl (C=O) groups excluding carboxylic acids is 1. The van der Waals surface area contributed by atoms with Crippen LogP contribution in [0, 0.1) is 0 Å². The van der Waals surface area contributed by atoms with Gasteiger partial charge in [0.1, 0.15) is 5.75 Å². The summed E-state index contributed by atoms with van der Waals surface area (Å²) in [6, 6.07) is 14.0. The topological polar surface area (TPSA) is 61.8 Å². The number of hydrogen-bond donors (Lipinski definition) is 2. The molecule has 156 valence electrons. The lowest BCUT2D eigenvalue weighted by Gasteiger charge is -2.29. The highest BCUT2D eigenvalue weighted by atomic mass is 35.5. The third kappa shape index (κ3) is 6.74. The number of piperidine rings is 1. The summed E-state index contributed by atoms with van der Waals surface area (Å²) in [6.45, 7) is 3.32. The molecular formula is C23H29ClN2O3. The van der Waals surface area contributed by atoms with E-state index in [0.717, 1.165) is 43.6 Å². The molecule has 0 aromatic heterocycles. The summed E-state index contributed by atoms with van der Waals surface area (Å²) in [7, 11) is 1.58. The molecule has 1 aliphatic heterocycles. The van der Waals surface area contributed by atoms with Crippen molar-refractivity contribution in [3.63, 3.8) is 0 Å². The summed E-state index contributed by atoms with van der Waals surface area (Å²) < 4.78 is 5.14. The van der Waals surface area contributed by atoms with Gasteiger partial charge in [-0.25, -0.2) is 0 Å². The third-order valence-corrected chi connectivity index (χ3v) is 5.63. The molecule has 1 amide bonds. The van der Waals surface area contributed by atoms with Crippen LogP contribution in [0.5, 0.6) is 5.75 Å². The van der Waals surface area contributed by atoms with Gasteiger partial charge in [0.2, 0.25) is 5.91 Å². The number of benzene rings is 2. The molecule has 0 atom stereocenters. The molecule has 0 saturated carbocycles. The van der Waals surface area contributed by atoms with Crippen LogP contribution in [0.3, 0.4) is 0 Å². The Morgan fingerprint density at radius 3 is 2.45 bits per heavy atom. The Balaban J connectivity index is 1.40. The minimum absolute atomic E-state index is 0.0212. The van der Waals surface area contributed by atoms with E-state index in [9.17, 15) is 9.90 Å². The molecule has 1 heterocycles. The lowest BCUT2D eigenvalue weighted by molar-refractivity contribution is -0.121. The highest BCUT2D eigenvalue weighted by Crippen LogP contribution is 2.25. The van der Waals surface area contributed by atoms with E-state index in [-0.39, 0.29) is 12.0 Å². The van der Waals surface area contributed by atoms with Gasteiger partial charge in [-0.2, -0.15) is 0 Å². The van der Waals surface area contributed by atoms with Crippen LogP contribution in [0.25, 0.3) is 0 Å². The minimum Gasteiger partial charge on any atom is -0.495 e. The van der Waals surface area contributed by atoms with Crippen LogP contribution in [0.4, 0.5) is 0 Å². The summed E-state index contributed by atoms with van der Waals surface area (Å²) in [4.78, 5) is 14.5. The number of methoxy groups -OCH3 is 1. The summed E-state index contributed by atoms with van der Waals surface area (Å²) >= 11 is 6.13. The molecule has 2 aromatic rings. The Morgan fingerprint density at radius 1 is 1.14 bits per heavy atom. The molecule has 1 saturated heterocycles. The average molecular weight is 417 g/mol. The second-order valence-corrected chi connectivity index (χ2v) is 7.98. The first-order chi connectivity index (χ1) is 14.0. The number of rotatable bonds is 8. The molecule has 0 radical (unpaired) electrons. The monoisotopic (exact) mass is 416 g/mol. The molecule has 29 heavy (non-hydrogen) atoms. The number of amides is 1. The number of carbonyl (C=O) groups is 1. The quantitative estimate of drug-likeness (QED) is 0.690. The Labute approximate surface area is 177 Å². The summed E-state index contributed by atoms with van der Waals surface area (Å²) in [6.07, 6.45) is 2.62. The van der Waals surface area contributed by atoms with Crippen LogP contribution in [0.2, 0.25) is 5.02 Å². The Hall–Kier alpha value is -2.08. The molecule has 3 rings (SSSR count). The fourth-order valence-corrected chi connectivity index (χ4v) is 3.79. The van der Waals surface area contributed by atoms with Gasteiger partial charge < -0.3 is 15.2 Å². The molecule has 2 N–H and O–H groups in total. The maximum Gasteiger partial charge on any atom is 0.220 e. The minimum atomic E-state index is -0.140. The van der Waals surface area contributed by atoms with Crippen LogP contribution >= 0.6 is 11.6 Å². The van der Waals surface area contributed by atoms with Crippen molar-refractivity contribution in [1.29, 1.82) is 0 Å². The second kappa shape index (κ2) is 10.6. The number of hydrogen-bond acceptors (Lipinski definition) is 4. The van der Waals surface area contributed by atoms with Crippen LogP contribution in [-0.4, -0.2) is 42.2 Å². The number of aliphatic hydroxyl groups excluding tert-OH is 1. The van der Waals surface area contributed by atoms with Gasteiger partial charge in [0.05, 0.1) is 18.2 Å². The fraction of sp³-hybridized carbons (Fsp3) is 0.435. The predicted octanol–water partition coefficient (Wildman–Crippen LogP) is 3.55. The number of nitrogens with zero attached hydrogens (tertiary/aromatic N) is 1. The molecule has 0 aliphatic carbocycles. The molecular weight excluding hydrogens is 388 g/mol.